The summed E-state index contributed by atoms with van der Waals surface area (Å²) in [5.74, 6) is -3.24. The fourth-order valence-electron chi connectivity index (χ4n) is 1.22. The maximum absolute atomic E-state index is 12.8. The highest BCUT2D eigenvalue weighted by molar-refractivity contribution is 6.18. The molecule has 0 radical (unpaired) electrons. The van der Waals surface area contributed by atoms with E-state index in [1.165, 1.54) is 13.8 Å². The zero-order valence-electron chi connectivity index (χ0n) is 8.24. The lowest BCUT2D eigenvalue weighted by molar-refractivity contribution is -0.311. The van der Waals surface area contributed by atoms with E-state index in [1.807, 2.05) is 0 Å². The van der Waals surface area contributed by atoms with Crippen LogP contribution in [0.1, 0.15) is 13.8 Å². The topological polar surface area (TPSA) is 77.5 Å². The second-order valence-electron chi connectivity index (χ2n) is 3.26. The van der Waals surface area contributed by atoms with Gasteiger partial charge in [0.05, 0.1) is 12.5 Å². The molecule has 0 fully saturated rings. The van der Waals surface area contributed by atoms with Crippen LogP contribution in [0.3, 0.4) is 0 Å². The van der Waals surface area contributed by atoms with Crippen LogP contribution >= 0.6 is 0 Å². The van der Waals surface area contributed by atoms with Gasteiger partial charge in [0.15, 0.2) is 6.17 Å². The Bertz CT molecular complexity index is 350. The third-order valence-corrected chi connectivity index (χ3v) is 2.29. The second kappa shape index (κ2) is 3.80. The van der Waals surface area contributed by atoms with Crippen molar-refractivity contribution in [2.45, 2.75) is 20.0 Å². The number of carbonyl (C=O) groups excluding carboxylic acids is 3. The minimum absolute atomic E-state index is 0.213. The molecule has 0 saturated heterocycles. The summed E-state index contributed by atoms with van der Waals surface area (Å²) in [7, 11) is 0. The van der Waals surface area contributed by atoms with Gasteiger partial charge in [-0.3, -0.25) is 14.5 Å². The number of carboxylic acid groups (broad SMARTS) is 1. The first-order valence-electron chi connectivity index (χ1n) is 4.25. The minimum Gasteiger partial charge on any atom is -0.547 e. The quantitative estimate of drug-likeness (QED) is 0.552. The summed E-state index contributed by atoms with van der Waals surface area (Å²) in [6.45, 7) is 2.07. The number of carboxylic acids is 1. The summed E-state index contributed by atoms with van der Waals surface area (Å²) in [6, 6.07) is 0. The van der Waals surface area contributed by atoms with E-state index in [9.17, 15) is 23.9 Å². The van der Waals surface area contributed by atoms with E-state index in [1.54, 1.807) is 0 Å². The summed E-state index contributed by atoms with van der Waals surface area (Å²) in [5, 5.41) is 10.1. The third kappa shape index (κ3) is 1.88. The van der Waals surface area contributed by atoms with Crippen molar-refractivity contribution in [3.63, 3.8) is 0 Å². The lowest BCUT2D eigenvalue weighted by Crippen LogP contribution is -2.44. The lowest BCUT2D eigenvalue weighted by Gasteiger charge is -2.17. The molecule has 5 nitrogen and oxygen atoms in total. The second-order valence-corrected chi connectivity index (χ2v) is 3.26. The van der Waals surface area contributed by atoms with Gasteiger partial charge in [0.25, 0.3) is 11.8 Å². The molecule has 0 aliphatic carbocycles. The summed E-state index contributed by atoms with van der Waals surface area (Å²) in [6.07, 6.45) is -2.35. The molecule has 15 heavy (non-hydrogen) atoms. The van der Waals surface area contributed by atoms with Crippen LogP contribution in [0, 0.1) is 0 Å². The van der Waals surface area contributed by atoms with E-state index in [-0.39, 0.29) is 11.1 Å². The Balaban J connectivity index is 2.81. The van der Waals surface area contributed by atoms with Gasteiger partial charge in [0.2, 0.25) is 0 Å². The van der Waals surface area contributed by atoms with E-state index in [0.717, 1.165) is 0 Å². The average molecular weight is 214 g/mol. The molecule has 0 aromatic heterocycles. The Morgan fingerprint density at radius 1 is 1.33 bits per heavy atom. The monoisotopic (exact) mass is 214 g/mol. The van der Waals surface area contributed by atoms with Crippen LogP contribution in [0.25, 0.3) is 0 Å². The summed E-state index contributed by atoms with van der Waals surface area (Å²) >= 11 is 0. The van der Waals surface area contributed by atoms with Crippen molar-refractivity contribution >= 4 is 17.8 Å². The Labute approximate surface area is 85.2 Å². The molecular formula is C9H9FNO4-. The number of amides is 2. The number of alkyl halides is 1. The molecule has 0 aromatic carbocycles. The number of rotatable bonds is 3. The van der Waals surface area contributed by atoms with E-state index >= 15 is 0 Å². The van der Waals surface area contributed by atoms with E-state index < -0.39 is 30.5 Å². The van der Waals surface area contributed by atoms with Crippen molar-refractivity contribution < 1.29 is 23.9 Å². The van der Waals surface area contributed by atoms with Gasteiger partial charge in [-0.2, -0.15) is 0 Å². The van der Waals surface area contributed by atoms with Crippen molar-refractivity contribution in [2.75, 3.05) is 6.54 Å². The molecular weight excluding hydrogens is 205 g/mol. The standard InChI is InChI=1S/C9H10FNO4/c1-4-5(2)8(13)11(7(4)12)3-6(10)9(14)15/h6H,3H2,1-2H3,(H,14,15)/p-1. The predicted molar refractivity (Wildman–Crippen MR) is 45.0 cm³/mol. The maximum atomic E-state index is 12.8. The molecule has 2 amide bonds. The van der Waals surface area contributed by atoms with Gasteiger partial charge < -0.3 is 9.90 Å². The molecule has 1 unspecified atom stereocenters. The molecule has 0 aromatic rings. The average Bonchev–Trinajstić information content (AvgIpc) is 2.35. The SMILES string of the molecule is CC1=C(C)C(=O)N(CC(F)C(=O)[O-])C1=O. The van der Waals surface area contributed by atoms with Crippen molar-refractivity contribution in [2.24, 2.45) is 0 Å². The Hall–Kier alpha value is -1.72. The van der Waals surface area contributed by atoms with Crippen LogP contribution in [0.2, 0.25) is 0 Å². The number of hydrogen-bond acceptors (Lipinski definition) is 4. The van der Waals surface area contributed by atoms with Crippen LogP contribution in [0.5, 0.6) is 0 Å². The van der Waals surface area contributed by atoms with Gasteiger partial charge in [-0.1, -0.05) is 0 Å². The van der Waals surface area contributed by atoms with Gasteiger partial charge in [-0.15, -0.1) is 0 Å². The Morgan fingerprint density at radius 3 is 2.07 bits per heavy atom. The summed E-state index contributed by atoms with van der Waals surface area (Å²) in [4.78, 5) is 33.4. The molecule has 6 heteroatoms. The molecule has 0 spiro atoms. The van der Waals surface area contributed by atoms with Crippen LogP contribution in [0.15, 0.2) is 11.1 Å². The summed E-state index contributed by atoms with van der Waals surface area (Å²) in [5.41, 5.74) is 0.427. The van der Waals surface area contributed by atoms with Gasteiger partial charge >= 0.3 is 0 Å². The van der Waals surface area contributed by atoms with Gasteiger partial charge in [0, 0.05) is 11.1 Å². The molecule has 0 saturated carbocycles. The van der Waals surface area contributed by atoms with Crippen LogP contribution in [-0.2, 0) is 14.4 Å². The minimum atomic E-state index is -2.35. The smallest absolute Gasteiger partial charge is 0.256 e. The maximum Gasteiger partial charge on any atom is 0.256 e. The van der Waals surface area contributed by atoms with Gasteiger partial charge in [-0.25, -0.2) is 4.39 Å². The van der Waals surface area contributed by atoms with Gasteiger partial charge in [-0.05, 0) is 13.8 Å². The predicted octanol–water partition coefficient (Wildman–Crippen LogP) is -1.22. The molecule has 1 rings (SSSR count). The van der Waals surface area contributed by atoms with Gasteiger partial charge in [0.1, 0.15) is 0 Å². The van der Waals surface area contributed by atoms with Crippen LogP contribution < -0.4 is 5.11 Å². The van der Waals surface area contributed by atoms with Crippen LogP contribution in [0.4, 0.5) is 4.39 Å². The number of hydrogen-bond donors (Lipinski definition) is 0. The van der Waals surface area contributed by atoms with Crippen LogP contribution in [-0.4, -0.2) is 35.4 Å². The zero-order chi connectivity index (χ0) is 11.7. The highest BCUT2D eigenvalue weighted by Gasteiger charge is 2.34. The van der Waals surface area contributed by atoms with Crippen molar-refractivity contribution in [1.29, 1.82) is 0 Å². The number of aliphatic carboxylic acids is 1. The fraction of sp³-hybridized carbons (Fsp3) is 0.444. The number of imide groups is 1. The van der Waals surface area contributed by atoms with E-state index in [2.05, 4.69) is 0 Å². The van der Waals surface area contributed by atoms with Crippen molar-refractivity contribution in [3.8, 4) is 0 Å². The molecule has 0 bridgehead atoms. The normalized spacial score (nSPS) is 18.7. The highest BCUT2D eigenvalue weighted by atomic mass is 19.1. The zero-order valence-corrected chi connectivity index (χ0v) is 8.24. The molecule has 1 aliphatic heterocycles. The number of nitrogens with zero attached hydrogens (tertiary/aromatic N) is 1. The first-order valence-corrected chi connectivity index (χ1v) is 4.25. The first-order chi connectivity index (χ1) is 6.86. The van der Waals surface area contributed by atoms with E-state index in [0.29, 0.717) is 4.90 Å². The Morgan fingerprint density at radius 2 is 1.73 bits per heavy atom. The molecule has 1 aliphatic rings. The molecule has 1 heterocycles. The molecule has 0 N–H and O–H groups in total. The number of carbonyl (C=O) groups is 3. The van der Waals surface area contributed by atoms with Crippen molar-refractivity contribution in [3.05, 3.63) is 11.1 Å². The largest absolute Gasteiger partial charge is 0.547 e. The fourth-order valence-corrected chi connectivity index (χ4v) is 1.22. The number of halogens is 1. The molecule has 82 valence electrons. The summed E-state index contributed by atoms with van der Waals surface area (Å²) < 4.78 is 12.8. The third-order valence-electron chi connectivity index (χ3n) is 2.29. The molecule has 1 atom stereocenters. The highest BCUT2D eigenvalue weighted by Crippen LogP contribution is 2.19. The Kier molecular flexibility index (Phi) is 2.88. The lowest BCUT2D eigenvalue weighted by atomic mass is 10.2. The first kappa shape index (κ1) is 11.4. The van der Waals surface area contributed by atoms with Crippen molar-refractivity contribution in [1.82, 2.24) is 4.90 Å². The van der Waals surface area contributed by atoms with E-state index in [4.69, 9.17) is 0 Å².